The highest BCUT2D eigenvalue weighted by Crippen LogP contribution is 2.31. The van der Waals surface area contributed by atoms with Crippen LogP contribution in [0.15, 0.2) is 22.7 Å². The maximum Gasteiger partial charge on any atom is 0.401 e. The van der Waals surface area contributed by atoms with Crippen LogP contribution in [0.3, 0.4) is 0 Å². The molecule has 0 aromatic heterocycles. The van der Waals surface area contributed by atoms with Gasteiger partial charge >= 0.3 is 12.1 Å². The maximum absolute atomic E-state index is 13.0. The molecule has 0 spiro atoms. The smallest absolute Gasteiger partial charge is 0.401 e. The lowest BCUT2D eigenvalue weighted by Gasteiger charge is -2.30. The molecule has 0 heterocycles. The lowest BCUT2D eigenvalue weighted by molar-refractivity contribution is -0.153. The first-order valence-corrected chi connectivity index (χ1v) is 6.25. The van der Waals surface area contributed by atoms with Gasteiger partial charge in [0, 0.05) is 4.47 Å². The van der Waals surface area contributed by atoms with E-state index in [1.165, 1.54) is 13.0 Å². The van der Waals surface area contributed by atoms with Crippen molar-refractivity contribution in [1.82, 2.24) is 5.32 Å². The number of nitrogens with one attached hydrogen (secondary N) is 1. The van der Waals surface area contributed by atoms with E-state index in [0.29, 0.717) is 0 Å². The normalized spacial score (nSPS) is 14.8. The summed E-state index contributed by atoms with van der Waals surface area (Å²) in [6.45, 7) is -0.148. The first-order valence-electron chi connectivity index (χ1n) is 5.46. The molecule has 1 unspecified atom stereocenters. The second-order valence-electron chi connectivity index (χ2n) is 4.21. The standard InChI is InChI=1S/C12H12BrF4NO2/c1-11(10(19)20-2,18-6-12(15,16)17)8-4-3-7(14)5-9(8)13/h3-5,18H,6H2,1-2H3. The molecule has 1 aromatic carbocycles. The van der Waals surface area contributed by atoms with Crippen molar-refractivity contribution in [1.29, 1.82) is 0 Å². The van der Waals surface area contributed by atoms with Gasteiger partial charge in [0.25, 0.3) is 0 Å². The van der Waals surface area contributed by atoms with Crippen molar-refractivity contribution >= 4 is 21.9 Å². The lowest BCUT2D eigenvalue weighted by Crippen LogP contribution is -2.50. The Kier molecular flexibility index (Phi) is 5.15. The Labute approximate surface area is 121 Å². The van der Waals surface area contributed by atoms with Crippen molar-refractivity contribution in [3.63, 3.8) is 0 Å². The van der Waals surface area contributed by atoms with E-state index in [1.807, 2.05) is 0 Å². The second kappa shape index (κ2) is 6.09. The molecule has 0 amide bonds. The summed E-state index contributed by atoms with van der Waals surface area (Å²) >= 11 is 3.03. The number of alkyl halides is 3. The van der Waals surface area contributed by atoms with Gasteiger partial charge in [-0.15, -0.1) is 0 Å². The SMILES string of the molecule is COC(=O)C(C)(NCC(F)(F)F)c1ccc(F)cc1Br. The number of carbonyl (C=O) groups excluding carboxylic acids is 1. The van der Waals surface area contributed by atoms with E-state index in [9.17, 15) is 22.4 Å². The van der Waals surface area contributed by atoms with Gasteiger partial charge in [-0.3, -0.25) is 5.32 Å². The number of carbonyl (C=O) groups is 1. The van der Waals surface area contributed by atoms with Crippen LogP contribution in [-0.2, 0) is 15.1 Å². The maximum atomic E-state index is 13.0. The average molecular weight is 358 g/mol. The average Bonchev–Trinajstić information content (AvgIpc) is 2.34. The first-order chi connectivity index (χ1) is 9.10. The third-order valence-electron chi connectivity index (χ3n) is 2.71. The Balaban J connectivity index is 3.20. The number of hydrogen-bond donors (Lipinski definition) is 1. The van der Waals surface area contributed by atoms with Crippen molar-refractivity contribution in [3.05, 3.63) is 34.1 Å². The molecule has 0 aliphatic rings. The van der Waals surface area contributed by atoms with E-state index < -0.39 is 30.0 Å². The highest BCUT2D eigenvalue weighted by Gasteiger charge is 2.41. The van der Waals surface area contributed by atoms with Crippen LogP contribution in [0.1, 0.15) is 12.5 Å². The topological polar surface area (TPSA) is 38.3 Å². The predicted molar refractivity (Wildman–Crippen MR) is 67.5 cm³/mol. The second-order valence-corrected chi connectivity index (χ2v) is 5.06. The van der Waals surface area contributed by atoms with Crippen LogP contribution in [0.25, 0.3) is 0 Å². The molecule has 8 heteroatoms. The summed E-state index contributed by atoms with van der Waals surface area (Å²) < 4.78 is 54.8. The summed E-state index contributed by atoms with van der Waals surface area (Å²) in [5, 5.41) is 2.11. The largest absolute Gasteiger partial charge is 0.467 e. The van der Waals surface area contributed by atoms with Gasteiger partial charge in [0.05, 0.1) is 13.7 Å². The van der Waals surface area contributed by atoms with E-state index in [0.717, 1.165) is 19.2 Å². The molecular weight excluding hydrogens is 346 g/mol. The molecule has 0 bridgehead atoms. The zero-order valence-electron chi connectivity index (χ0n) is 10.6. The third kappa shape index (κ3) is 3.92. The Morgan fingerprint density at radius 3 is 2.45 bits per heavy atom. The summed E-state index contributed by atoms with van der Waals surface area (Å²) in [7, 11) is 1.06. The van der Waals surface area contributed by atoms with Crippen molar-refractivity contribution < 1.29 is 27.1 Å². The number of rotatable bonds is 4. The van der Waals surface area contributed by atoms with E-state index in [1.54, 1.807) is 0 Å². The molecule has 1 N–H and O–H groups in total. The molecule has 0 radical (unpaired) electrons. The molecule has 0 saturated carbocycles. The Bertz CT molecular complexity index is 507. The summed E-state index contributed by atoms with van der Waals surface area (Å²) in [5.74, 6) is -1.49. The van der Waals surface area contributed by atoms with Crippen molar-refractivity contribution in [2.24, 2.45) is 0 Å². The zero-order chi connectivity index (χ0) is 15.6. The van der Waals surface area contributed by atoms with Crippen LogP contribution in [0.2, 0.25) is 0 Å². The molecule has 1 atom stereocenters. The minimum absolute atomic E-state index is 0.148. The van der Waals surface area contributed by atoms with Crippen LogP contribution in [0.5, 0.6) is 0 Å². The van der Waals surface area contributed by atoms with Gasteiger partial charge in [-0.05, 0) is 24.6 Å². The molecule has 0 aliphatic carbocycles. The van der Waals surface area contributed by atoms with Crippen molar-refractivity contribution in [2.75, 3.05) is 13.7 Å². The minimum Gasteiger partial charge on any atom is -0.467 e. The monoisotopic (exact) mass is 357 g/mol. The van der Waals surface area contributed by atoms with Gasteiger partial charge in [-0.2, -0.15) is 13.2 Å². The number of benzene rings is 1. The fourth-order valence-corrected chi connectivity index (χ4v) is 2.40. The number of esters is 1. The summed E-state index contributed by atoms with van der Waals surface area (Å²) in [5.41, 5.74) is -1.61. The van der Waals surface area contributed by atoms with Crippen molar-refractivity contribution in [3.8, 4) is 0 Å². The molecule has 1 rings (SSSR count). The third-order valence-corrected chi connectivity index (χ3v) is 3.36. The highest BCUT2D eigenvalue weighted by molar-refractivity contribution is 9.10. The van der Waals surface area contributed by atoms with Gasteiger partial charge in [-0.25, -0.2) is 9.18 Å². The number of hydrogen-bond acceptors (Lipinski definition) is 3. The fraction of sp³-hybridized carbons (Fsp3) is 0.417. The lowest BCUT2D eigenvalue weighted by atomic mass is 9.92. The Morgan fingerprint density at radius 2 is 2.00 bits per heavy atom. The fourth-order valence-electron chi connectivity index (χ4n) is 1.65. The van der Waals surface area contributed by atoms with E-state index in [4.69, 9.17) is 0 Å². The van der Waals surface area contributed by atoms with Gasteiger partial charge in [0.2, 0.25) is 0 Å². The van der Waals surface area contributed by atoms with Gasteiger partial charge in [-0.1, -0.05) is 22.0 Å². The first kappa shape index (κ1) is 16.9. The highest BCUT2D eigenvalue weighted by atomic mass is 79.9. The van der Waals surface area contributed by atoms with Crippen LogP contribution in [0, 0.1) is 5.82 Å². The molecular formula is C12H12BrF4NO2. The van der Waals surface area contributed by atoms with E-state index >= 15 is 0 Å². The zero-order valence-corrected chi connectivity index (χ0v) is 12.2. The van der Waals surface area contributed by atoms with Crippen LogP contribution >= 0.6 is 15.9 Å². The van der Waals surface area contributed by atoms with E-state index in [-0.39, 0.29) is 10.0 Å². The Morgan fingerprint density at radius 1 is 1.40 bits per heavy atom. The van der Waals surface area contributed by atoms with Crippen LogP contribution in [0.4, 0.5) is 17.6 Å². The van der Waals surface area contributed by atoms with Gasteiger partial charge < -0.3 is 4.74 Å². The summed E-state index contributed by atoms with van der Waals surface area (Å²) in [6.07, 6.45) is -4.50. The molecule has 0 saturated heterocycles. The summed E-state index contributed by atoms with van der Waals surface area (Å²) in [4.78, 5) is 11.8. The predicted octanol–water partition coefficient (Wildman–Crippen LogP) is 3.13. The minimum atomic E-state index is -4.50. The molecule has 1 aromatic rings. The number of ether oxygens (including phenoxy) is 1. The molecule has 3 nitrogen and oxygen atoms in total. The van der Waals surface area contributed by atoms with Gasteiger partial charge in [0.15, 0.2) is 0 Å². The van der Waals surface area contributed by atoms with Crippen LogP contribution < -0.4 is 5.32 Å². The molecule has 0 aliphatic heterocycles. The van der Waals surface area contributed by atoms with Crippen molar-refractivity contribution in [2.45, 2.75) is 18.6 Å². The number of halogens is 5. The molecule has 20 heavy (non-hydrogen) atoms. The number of methoxy groups -OCH3 is 1. The van der Waals surface area contributed by atoms with Crippen LogP contribution in [-0.4, -0.2) is 25.8 Å². The van der Waals surface area contributed by atoms with E-state index in [2.05, 4.69) is 26.0 Å². The summed E-state index contributed by atoms with van der Waals surface area (Å²) in [6, 6.07) is 3.34. The molecule has 112 valence electrons. The van der Waals surface area contributed by atoms with Gasteiger partial charge in [0.1, 0.15) is 11.4 Å². The molecule has 0 fully saturated rings. The Hall–Kier alpha value is -1.15. The quantitative estimate of drug-likeness (QED) is 0.664.